The van der Waals surface area contributed by atoms with Crippen molar-refractivity contribution in [2.24, 2.45) is 5.73 Å². The van der Waals surface area contributed by atoms with E-state index in [0.717, 1.165) is 0 Å². The monoisotopic (exact) mass is 277 g/mol. The van der Waals surface area contributed by atoms with Crippen LogP contribution in [0.4, 0.5) is 10.6 Å². The Bertz CT molecular complexity index is 765. The van der Waals surface area contributed by atoms with Gasteiger partial charge in [-0.1, -0.05) is 11.3 Å². The number of carbonyl (C=O) groups is 1. The predicted octanol–water partition coefficient (Wildman–Crippen LogP) is 0.312. The van der Waals surface area contributed by atoms with Crippen molar-refractivity contribution in [1.29, 1.82) is 0 Å². The summed E-state index contributed by atoms with van der Waals surface area (Å²) in [5, 5.41) is 6.77. The molecular weight excluding hydrogens is 270 g/mol. The van der Waals surface area contributed by atoms with Gasteiger partial charge in [0.25, 0.3) is 0 Å². The fourth-order valence-corrected chi connectivity index (χ4v) is 2.18. The number of carbonyl (C=O) groups excluding carboxylic acids is 1. The van der Waals surface area contributed by atoms with Crippen molar-refractivity contribution in [3.63, 3.8) is 0 Å². The van der Waals surface area contributed by atoms with Crippen LogP contribution in [0, 0.1) is 0 Å². The van der Waals surface area contributed by atoms with Gasteiger partial charge in [-0.15, -0.1) is 0 Å². The number of nitrogens with two attached hydrogens (primary N) is 2. The van der Waals surface area contributed by atoms with Crippen LogP contribution in [0.1, 0.15) is 0 Å². The van der Waals surface area contributed by atoms with Crippen molar-refractivity contribution in [2.45, 2.75) is 0 Å². The maximum Gasteiger partial charge on any atom is 0.411 e. The second-order valence-electron chi connectivity index (χ2n) is 3.44. The van der Waals surface area contributed by atoms with Crippen LogP contribution >= 0.6 is 11.3 Å². The molecule has 4 N–H and O–H groups in total. The summed E-state index contributed by atoms with van der Waals surface area (Å²) in [6.07, 6.45) is 1.96. The lowest BCUT2D eigenvalue weighted by atomic mass is 10.4. The number of aromatic nitrogens is 5. The van der Waals surface area contributed by atoms with E-state index < -0.39 is 6.09 Å². The highest BCUT2D eigenvalue weighted by Crippen LogP contribution is 2.24. The van der Waals surface area contributed by atoms with Crippen LogP contribution < -0.4 is 16.2 Å². The molecule has 0 saturated carbocycles. The Balaban J connectivity index is 2.07. The van der Waals surface area contributed by atoms with Gasteiger partial charge in [0.2, 0.25) is 11.0 Å². The third kappa shape index (κ3) is 1.93. The highest BCUT2D eigenvalue weighted by molar-refractivity contribution is 7.12. The first kappa shape index (κ1) is 11.3. The number of ether oxygens (including phenoxy) is 1. The van der Waals surface area contributed by atoms with E-state index in [1.807, 2.05) is 0 Å². The molecule has 0 aromatic carbocycles. The number of amides is 1. The Kier molecular flexibility index (Phi) is 2.49. The van der Waals surface area contributed by atoms with Gasteiger partial charge < -0.3 is 16.2 Å². The zero-order valence-corrected chi connectivity index (χ0v) is 10.2. The first-order chi connectivity index (χ1) is 9.15. The predicted molar refractivity (Wildman–Crippen MR) is 67.0 cm³/mol. The zero-order valence-electron chi connectivity index (χ0n) is 9.35. The molecule has 0 aliphatic heterocycles. The molecule has 3 heterocycles. The highest BCUT2D eigenvalue weighted by atomic mass is 32.1. The molecule has 3 aromatic rings. The van der Waals surface area contributed by atoms with Crippen LogP contribution in [0.15, 0.2) is 17.9 Å². The molecule has 0 fully saturated rings. The smallest absolute Gasteiger partial charge is 0.390 e. The topological polar surface area (TPSA) is 135 Å². The van der Waals surface area contributed by atoms with E-state index >= 15 is 0 Å². The number of nitrogens with zero attached hydrogens (tertiary/aromatic N) is 5. The normalized spacial score (nSPS) is 10.7. The van der Waals surface area contributed by atoms with Gasteiger partial charge in [-0.05, 0) is 0 Å². The van der Waals surface area contributed by atoms with Crippen molar-refractivity contribution in [3.8, 4) is 11.0 Å². The Morgan fingerprint density at radius 1 is 1.42 bits per heavy atom. The minimum absolute atomic E-state index is 0.109. The Hall–Kier alpha value is -2.75. The largest absolute Gasteiger partial charge is 0.411 e. The van der Waals surface area contributed by atoms with Gasteiger partial charge in [-0.25, -0.2) is 14.8 Å². The third-order valence-corrected chi connectivity index (χ3v) is 3.05. The molecule has 1 amide bonds. The van der Waals surface area contributed by atoms with Gasteiger partial charge in [0, 0.05) is 0 Å². The first-order valence-corrected chi connectivity index (χ1v) is 5.90. The molecule has 9 nitrogen and oxygen atoms in total. The van der Waals surface area contributed by atoms with E-state index in [1.165, 1.54) is 27.7 Å². The molecule has 0 bridgehead atoms. The number of primary amides is 1. The minimum atomic E-state index is -0.922. The third-order valence-electron chi connectivity index (χ3n) is 2.25. The quantitative estimate of drug-likeness (QED) is 0.688. The fourth-order valence-electron chi connectivity index (χ4n) is 1.50. The summed E-state index contributed by atoms with van der Waals surface area (Å²) in [7, 11) is 0. The number of anilines is 1. The van der Waals surface area contributed by atoms with Gasteiger partial charge in [0.1, 0.15) is 12.1 Å². The highest BCUT2D eigenvalue weighted by Gasteiger charge is 2.13. The molecule has 3 aromatic heterocycles. The second-order valence-corrected chi connectivity index (χ2v) is 4.28. The van der Waals surface area contributed by atoms with Crippen LogP contribution in [0.3, 0.4) is 0 Å². The molecule has 96 valence electrons. The average molecular weight is 277 g/mol. The number of fused-ring (bicyclic) bond motifs is 1. The zero-order chi connectivity index (χ0) is 13.4. The van der Waals surface area contributed by atoms with Gasteiger partial charge in [0.15, 0.2) is 5.65 Å². The van der Waals surface area contributed by atoms with Crippen molar-refractivity contribution >= 4 is 34.3 Å². The van der Waals surface area contributed by atoms with Crippen LogP contribution in [0.5, 0.6) is 5.88 Å². The second kappa shape index (κ2) is 4.17. The first-order valence-electron chi connectivity index (χ1n) is 5.02. The maximum absolute atomic E-state index is 10.6. The summed E-state index contributed by atoms with van der Waals surface area (Å²) in [4.78, 5) is 22.7. The molecule has 0 atom stereocenters. The minimum Gasteiger partial charge on any atom is -0.390 e. The number of rotatable bonds is 2. The molecule has 0 saturated heterocycles. The molecule has 19 heavy (non-hydrogen) atoms. The SMILES string of the molecule is NC(=O)Oc1csc(-n2ncc3c(N)ncnc32)n1. The van der Waals surface area contributed by atoms with Gasteiger partial charge in [-0.2, -0.15) is 14.8 Å². The standard InChI is InChI=1S/C9H7N7O2S/c10-6-4-1-14-16(7(4)13-3-12-6)9-15-5(2-19-9)18-8(11)17/h1-3H,(H2,11,17)(H2,10,12,13). The lowest BCUT2D eigenvalue weighted by Crippen LogP contribution is -2.16. The molecule has 3 rings (SSSR count). The van der Waals surface area contributed by atoms with E-state index in [-0.39, 0.29) is 5.88 Å². The summed E-state index contributed by atoms with van der Waals surface area (Å²) in [5.41, 5.74) is 11.1. The lowest BCUT2D eigenvalue weighted by molar-refractivity contribution is 0.209. The van der Waals surface area contributed by atoms with Crippen molar-refractivity contribution in [2.75, 3.05) is 5.73 Å². The van der Waals surface area contributed by atoms with Crippen LogP contribution in [0.2, 0.25) is 0 Å². The van der Waals surface area contributed by atoms with Crippen molar-refractivity contribution < 1.29 is 9.53 Å². The van der Waals surface area contributed by atoms with Gasteiger partial charge >= 0.3 is 6.09 Å². The van der Waals surface area contributed by atoms with Gasteiger partial charge in [0.05, 0.1) is 17.0 Å². The summed E-state index contributed by atoms with van der Waals surface area (Å²) >= 11 is 1.23. The van der Waals surface area contributed by atoms with Crippen molar-refractivity contribution in [1.82, 2.24) is 24.7 Å². The fraction of sp³-hybridized carbons (Fsp3) is 0. The average Bonchev–Trinajstić information content (AvgIpc) is 2.95. The van der Waals surface area contributed by atoms with Crippen LogP contribution in [0.25, 0.3) is 16.2 Å². The molecule has 0 radical (unpaired) electrons. The van der Waals surface area contributed by atoms with Gasteiger partial charge in [-0.3, -0.25) is 0 Å². The molecule has 10 heteroatoms. The molecule has 0 aliphatic rings. The van der Waals surface area contributed by atoms with Crippen LogP contribution in [-0.4, -0.2) is 30.8 Å². The van der Waals surface area contributed by atoms with Crippen LogP contribution in [-0.2, 0) is 0 Å². The number of hydrogen-bond donors (Lipinski definition) is 2. The van der Waals surface area contributed by atoms with E-state index in [4.69, 9.17) is 11.5 Å². The molecule has 0 spiro atoms. The molecule has 0 aliphatic carbocycles. The Morgan fingerprint density at radius 3 is 3.05 bits per heavy atom. The molecular formula is C9H7N7O2S. The lowest BCUT2D eigenvalue weighted by Gasteiger charge is -1.97. The molecule has 0 unspecified atom stereocenters. The summed E-state index contributed by atoms with van der Waals surface area (Å²) in [6, 6.07) is 0. The van der Waals surface area contributed by atoms with E-state index in [1.54, 1.807) is 6.20 Å². The number of nitrogen functional groups attached to an aromatic ring is 1. The van der Waals surface area contributed by atoms with E-state index in [9.17, 15) is 4.79 Å². The number of thiazole rings is 1. The van der Waals surface area contributed by atoms with E-state index in [0.29, 0.717) is 22.0 Å². The van der Waals surface area contributed by atoms with Crippen molar-refractivity contribution in [3.05, 3.63) is 17.9 Å². The summed E-state index contributed by atoms with van der Waals surface area (Å²) < 4.78 is 6.15. The Labute approximate surface area is 109 Å². The van der Waals surface area contributed by atoms with E-state index in [2.05, 4.69) is 24.8 Å². The summed E-state index contributed by atoms with van der Waals surface area (Å²) in [6.45, 7) is 0. The Morgan fingerprint density at radius 2 is 2.26 bits per heavy atom. The number of hydrogen-bond acceptors (Lipinski definition) is 8. The summed E-state index contributed by atoms with van der Waals surface area (Å²) in [5.74, 6) is 0.444. The maximum atomic E-state index is 10.6.